The van der Waals surface area contributed by atoms with E-state index in [0.717, 1.165) is 29.5 Å². The van der Waals surface area contributed by atoms with Crippen LogP contribution in [0.4, 0.5) is 0 Å². The van der Waals surface area contributed by atoms with Crippen molar-refractivity contribution in [2.24, 2.45) is 5.41 Å². The van der Waals surface area contributed by atoms with Crippen LogP contribution in [-0.2, 0) is 0 Å². The van der Waals surface area contributed by atoms with Gasteiger partial charge in [-0.2, -0.15) is 5.01 Å². The molecule has 0 aliphatic carbocycles. The smallest absolute Gasteiger partial charge is 0.269 e. The third-order valence-electron chi connectivity index (χ3n) is 5.22. The zero-order valence-electron chi connectivity index (χ0n) is 19.1. The van der Waals surface area contributed by atoms with E-state index in [4.69, 9.17) is 4.42 Å². The Bertz CT molecular complexity index is 828. The quantitative estimate of drug-likeness (QED) is 0.485. The van der Waals surface area contributed by atoms with E-state index in [-0.39, 0.29) is 17.4 Å². The molecule has 0 bridgehead atoms. The van der Waals surface area contributed by atoms with Crippen molar-refractivity contribution in [1.82, 2.24) is 10.4 Å². The third kappa shape index (κ3) is 5.71. The summed E-state index contributed by atoms with van der Waals surface area (Å²) in [6, 6.07) is 7.69. The first-order valence-electron chi connectivity index (χ1n) is 10.4. The van der Waals surface area contributed by atoms with Gasteiger partial charge in [-0.25, -0.2) is 0 Å². The predicted octanol–water partition coefficient (Wildman–Crippen LogP) is 5.37. The van der Waals surface area contributed by atoms with Crippen LogP contribution in [0.5, 0.6) is 0 Å². The van der Waals surface area contributed by atoms with E-state index in [1.165, 1.54) is 0 Å². The number of aliphatic hydroxyl groups is 1. The molecule has 0 saturated heterocycles. The molecule has 0 fully saturated rings. The van der Waals surface area contributed by atoms with Crippen LogP contribution in [0, 0.1) is 33.1 Å². The highest BCUT2D eigenvalue weighted by Crippen LogP contribution is 2.32. The molecular formula is C24H36N2O3. The van der Waals surface area contributed by atoms with Gasteiger partial charge in [0.15, 0.2) is 0 Å². The average molecular weight is 401 g/mol. The van der Waals surface area contributed by atoms with Gasteiger partial charge in [0, 0.05) is 6.04 Å². The number of nitrogens with zero attached hydrogens (tertiary/aromatic N) is 1. The Kier molecular flexibility index (Phi) is 7.30. The first-order valence-corrected chi connectivity index (χ1v) is 10.4. The molecule has 0 saturated carbocycles. The van der Waals surface area contributed by atoms with Crippen molar-refractivity contribution in [2.75, 3.05) is 0 Å². The minimum atomic E-state index is -0.957. The third-order valence-corrected chi connectivity index (χ3v) is 5.22. The van der Waals surface area contributed by atoms with Gasteiger partial charge in [-0.1, -0.05) is 63.4 Å². The Hall–Kier alpha value is -2.11. The number of aryl methyl sites for hydroxylation is 4. The molecule has 2 aromatic rings. The molecular weight excluding hydrogens is 364 g/mol. The van der Waals surface area contributed by atoms with Crippen molar-refractivity contribution in [3.05, 3.63) is 58.0 Å². The van der Waals surface area contributed by atoms with Gasteiger partial charge in [0.1, 0.15) is 17.7 Å². The minimum absolute atomic E-state index is 0.0550. The van der Waals surface area contributed by atoms with Gasteiger partial charge in [-0.3, -0.25) is 10.2 Å². The number of rotatable bonds is 7. The zero-order chi connectivity index (χ0) is 21.9. The Morgan fingerprint density at radius 2 is 1.69 bits per heavy atom. The minimum Gasteiger partial charge on any atom is -0.466 e. The second-order valence-electron chi connectivity index (χ2n) is 9.14. The fourth-order valence-corrected chi connectivity index (χ4v) is 3.93. The molecule has 29 heavy (non-hydrogen) atoms. The lowest BCUT2D eigenvalue weighted by molar-refractivity contribution is -0.0869. The van der Waals surface area contributed by atoms with Gasteiger partial charge in [0.25, 0.3) is 5.91 Å². The number of benzene rings is 1. The van der Waals surface area contributed by atoms with E-state index >= 15 is 0 Å². The molecule has 1 aromatic heterocycles. The Morgan fingerprint density at radius 1 is 1.10 bits per heavy atom. The number of hydrogen-bond donors (Lipinski definition) is 2. The second-order valence-corrected chi connectivity index (χ2v) is 9.14. The van der Waals surface area contributed by atoms with Crippen molar-refractivity contribution in [3.8, 4) is 0 Å². The summed E-state index contributed by atoms with van der Waals surface area (Å²) >= 11 is 0. The van der Waals surface area contributed by atoms with Crippen LogP contribution in [0.3, 0.4) is 0 Å². The van der Waals surface area contributed by atoms with Crippen LogP contribution in [0.1, 0.15) is 85.3 Å². The first-order chi connectivity index (χ1) is 13.4. The maximum absolute atomic E-state index is 13.1. The van der Waals surface area contributed by atoms with Crippen LogP contribution in [0.25, 0.3) is 0 Å². The summed E-state index contributed by atoms with van der Waals surface area (Å²) in [7, 11) is 0. The number of aliphatic hydroxyl groups excluding tert-OH is 1. The number of carbonyl (C=O) groups excluding carboxylic acids is 1. The molecule has 1 amide bonds. The van der Waals surface area contributed by atoms with Crippen LogP contribution < -0.4 is 5.43 Å². The number of nitrogens with one attached hydrogen (secondary N) is 1. The topological polar surface area (TPSA) is 65.7 Å². The number of amides is 1. The van der Waals surface area contributed by atoms with Crippen LogP contribution in [0.2, 0.25) is 0 Å². The molecule has 2 atom stereocenters. The van der Waals surface area contributed by atoms with Crippen molar-refractivity contribution in [3.63, 3.8) is 0 Å². The summed E-state index contributed by atoms with van der Waals surface area (Å²) in [5, 5.41) is 13.1. The van der Waals surface area contributed by atoms with E-state index < -0.39 is 6.23 Å². The lowest BCUT2D eigenvalue weighted by Crippen LogP contribution is -2.55. The van der Waals surface area contributed by atoms with E-state index in [9.17, 15) is 9.90 Å². The molecule has 2 rings (SSSR count). The van der Waals surface area contributed by atoms with Crippen LogP contribution >= 0.6 is 0 Å². The fraction of sp³-hybridized carbons (Fsp3) is 0.542. The summed E-state index contributed by atoms with van der Waals surface area (Å²) < 4.78 is 5.53. The van der Waals surface area contributed by atoms with Crippen molar-refractivity contribution in [2.45, 2.75) is 80.5 Å². The maximum atomic E-state index is 13.1. The normalized spacial score (nSPS) is 14.1. The molecule has 1 heterocycles. The zero-order valence-corrected chi connectivity index (χ0v) is 19.1. The van der Waals surface area contributed by atoms with Gasteiger partial charge in [-0.15, -0.1) is 0 Å². The molecule has 2 N–H and O–H groups in total. The Labute approximate surface area is 175 Å². The number of hydrazine groups is 1. The second kappa shape index (κ2) is 9.14. The summed E-state index contributed by atoms with van der Waals surface area (Å²) in [6.07, 6.45) is 0.828. The molecule has 160 valence electrons. The largest absolute Gasteiger partial charge is 0.466 e. The van der Waals surface area contributed by atoms with Crippen molar-refractivity contribution >= 4 is 5.91 Å². The SMILES string of the molecule is CCC[C@H](N(NC(=O)c1cc(C)oc1C)C(O)c1cc(C)cc(C)c1)C(C)(C)C. The van der Waals surface area contributed by atoms with Crippen molar-refractivity contribution in [1.29, 1.82) is 0 Å². The maximum Gasteiger partial charge on any atom is 0.269 e. The lowest BCUT2D eigenvalue weighted by Gasteiger charge is -2.42. The molecule has 0 aliphatic rings. The molecule has 0 spiro atoms. The fourth-order valence-electron chi connectivity index (χ4n) is 3.93. The molecule has 0 aliphatic heterocycles. The predicted molar refractivity (Wildman–Crippen MR) is 117 cm³/mol. The van der Waals surface area contributed by atoms with Gasteiger partial charge in [0.2, 0.25) is 0 Å². The summed E-state index contributed by atoms with van der Waals surface area (Å²) in [5.41, 5.74) is 6.27. The Balaban J connectivity index is 2.46. The average Bonchev–Trinajstić information content (AvgIpc) is 2.93. The standard InChI is InChI=1S/C24H36N2O3/c1-9-10-21(24(6,7)8)26(23(28)19-12-15(2)11-16(3)13-19)25-22(27)20-14-17(4)29-18(20)5/h11-14,21,23,28H,9-10H2,1-8H3,(H,25,27)/t21-,23?/m0/s1. The van der Waals surface area contributed by atoms with Crippen LogP contribution in [-0.4, -0.2) is 22.1 Å². The monoisotopic (exact) mass is 400 g/mol. The highest BCUT2D eigenvalue weighted by molar-refractivity contribution is 5.95. The summed E-state index contributed by atoms with van der Waals surface area (Å²) in [6.45, 7) is 16.1. The molecule has 0 radical (unpaired) electrons. The lowest BCUT2D eigenvalue weighted by atomic mass is 9.83. The van der Waals surface area contributed by atoms with Crippen molar-refractivity contribution < 1.29 is 14.3 Å². The van der Waals surface area contributed by atoms with Gasteiger partial charge < -0.3 is 9.52 Å². The molecule has 5 nitrogen and oxygen atoms in total. The summed E-state index contributed by atoms with van der Waals surface area (Å²) in [4.78, 5) is 13.1. The highest BCUT2D eigenvalue weighted by atomic mass is 16.3. The molecule has 1 aromatic carbocycles. The number of hydrogen-bond acceptors (Lipinski definition) is 4. The molecule has 5 heteroatoms. The molecule has 1 unspecified atom stereocenters. The highest BCUT2D eigenvalue weighted by Gasteiger charge is 2.36. The first kappa shape index (κ1) is 23.2. The van der Waals surface area contributed by atoms with E-state index in [1.807, 2.05) is 32.9 Å². The van der Waals surface area contributed by atoms with Gasteiger partial charge >= 0.3 is 0 Å². The summed E-state index contributed by atoms with van der Waals surface area (Å²) in [5.74, 6) is 0.992. The van der Waals surface area contributed by atoms with Crippen LogP contribution in [0.15, 0.2) is 28.7 Å². The number of furan rings is 1. The van der Waals surface area contributed by atoms with E-state index in [0.29, 0.717) is 17.1 Å². The Morgan fingerprint density at radius 3 is 2.14 bits per heavy atom. The van der Waals surface area contributed by atoms with E-state index in [2.05, 4.69) is 39.2 Å². The van der Waals surface area contributed by atoms with E-state index in [1.54, 1.807) is 18.0 Å². The number of carbonyl (C=O) groups is 1. The van der Waals surface area contributed by atoms with Gasteiger partial charge in [0.05, 0.1) is 5.56 Å². The van der Waals surface area contributed by atoms with Gasteiger partial charge in [-0.05, 0) is 51.2 Å².